The van der Waals surface area contributed by atoms with Crippen LogP contribution < -0.4 is 10.6 Å². The van der Waals surface area contributed by atoms with Crippen LogP contribution >= 0.6 is 11.8 Å². The summed E-state index contributed by atoms with van der Waals surface area (Å²) in [6, 6.07) is 19.2. The van der Waals surface area contributed by atoms with Gasteiger partial charge in [0.05, 0.1) is 29.5 Å². The summed E-state index contributed by atoms with van der Waals surface area (Å²) < 4.78 is 4.87. The highest BCUT2D eigenvalue weighted by molar-refractivity contribution is 8.03. The number of nitriles is 1. The molecule has 0 saturated carbocycles. The van der Waals surface area contributed by atoms with Gasteiger partial charge in [0.2, 0.25) is 11.8 Å². The first kappa shape index (κ1) is 25.1. The van der Waals surface area contributed by atoms with Crippen LogP contribution in [0.2, 0.25) is 0 Å². The molecule has 0 saturated heterocycles. The van der Waals surface area contributed by atoms with Gasteiger partial charge in [0.1, 0.15) is 5.92 Å². The summed E-state index contributed by atoms with van der Waals surface area (Å²) in [6.07, 6.45) is 0. The van der Waals surface area contributed by atoms with Crippen LogP contribution in [0, 0.1) is 17.2 Å². The molecule has 0 aromatic heterocycles. The third kappa shape index (κ3) is 5.86. The molecule has 0 aliphatic carbocycles. The van der Waals surface area contributed by atoms with E-state index in [1.54, 1.807) is 0 Å². The number of carbonyl (C=O) groups is 3. The van der Waals surface area contributed by atoms with Crippen molar-refractivity contribution in [1.29, 1.82) is 5.26 Å². The SMILES string of the molecule is COC(=O)[C@@H]1C(=O)NC(SCC(=O)NCc2ccccc2)=C(C#N)[C@H]1c1ccc(C(C)C)cc1. The Hall–Kier alpha value is -3.57. The van der Waals surface area contributed by atoms with Gasteiger partial charge in [-0.1, -0.05) is 80.2 Å². The van der Waals surface area contributed by atoms with Gasteiger partial charge in [0, 0.05) is 12.5 Å². The summed E-state index contributed by atoms with van der Waals surface area (Å²) in [5, 5.41) is 15.7. The standard InChI is InChI=1S/C26H27N3O4S/c1-16(2)18-9-11-19(12-10-18)22-20(13-27)25(29-24(31)23(22)26(32)33-3)34-15-21(30)28-14-17-7-5-4-6-8-17/h4-12,16,22-23H,14-15H2,1-3H3,(H,28,30)(H,29,31)/t22-,23+/m1/s1. The fourth-order valence-corrected chi connectivity index (χ4v) is 4.63. The van der Waals surface area contributed by atoms with Crippen LogP contribution in [0.1, 0.15) is 42.4 Å². The van der Waals surface area contributed by atoms with Crippen molar-refractivity contribution < 1.29 is 19.1 Å². The second-order valence-corrected chi connectivity index (χ2v) is 9.18. The van der Waals surface area contributed by atoms with Gasteiger partial charge in [0.15, 0.2) is 0 Å². The number of benzene rings is 2. The number of carbonyl (C=O) groups excluding carboxylic acids is 3. The number of hydrogen-bond acceptors (Lipinski definition) is 6. The van der Waals surface area contributed by atoms with E-state index in [0.29, 0.717) is 18.0 Å². The van der Waals surface area contributed by atoms with Gasteiger partial charge in [-0.15, -0.1) is 0 Å². The normalized spacial score (nSPS) is 17.7. The van der Waals surface area contributed by atoms with Crippen molar-refractivity contribution in [3.8, 4) is 6.07 Å². The molecule has 0 fully saturated rings. The summed E-state index contributed by atoms with van der Waals surface area (Å²) in [7, 11) is 1.21. The third-order valence-corrected chi connectivity index (χ3v) is 6.64. The molecule has 1 heterocycles. The summed E-state index contributed by atoms with van der Waals surface area (Å²) in [4.78, 5) is 37.8. The average molecular weight is 478 g/mol. The smallest absolute Gasteiger partial charge is 0.319 e. The Labute approximate surface area is 203 Å². The number of esters is 1. The van der Waals surface area contributed by atoms with Crippen molar-refractivity contribution in [3.63, 3.8) is 0 Å². The minimum Gasteiger partial charge on any atom is -0.468 e. The topological polar surface area (TPSA) is 108 Å². The molecule has 0 unspecified atom stereocenters. The Balaban J connectivity index is 1.84. The molecule has 1 aliphatic rings. The monoisotopic (exact) mass is 477 g/mol. The minimum absolute atomic E-state index is 0.00945. The molecule has 0 bridgehead atoms. The average Bonchev–Trinajstić information content (AvgIpc) is 2.85. The molecule has 1 aliphatic heterocycles. The van der Waals surface area contributed by atoms with E-state index in [2.05, 4.69) is 30.6 Å². The summed E-state index contributed by atoms with van der Waals surface area (Å²) in [5.41, 5.74) is 2.96. The molecular weight excluding hydrogens is 450 g/mol. The van der Waals surface area contributed by atoms with Gasteiger partial charge in [0.25, 0.3) is 0 Å². The van der Waals surface area contributed by atoms with Crippen LogP contribution in [0.4, 0.5) is 0 Å². The van der Waals surface area contributed by atoms with E-state index in [4.69, 9.17) is 4.74 Å². The van der Waals surface area contributed by atoms with E-state index in [1.165, 1.54) is 7.11 Å². The van der Waals surface area contributed by atoms with Crippen LogP contribution in [0.15, 0.2) is 65.2 Å². The number of hydrogen-bond donors (Lipinski definition) is 2. The van der Waals surface area contributed by atoms with Crippen LogP contribution in [-0.4, -0.2) is 30.6 Å². The van der Waals surface area contributed by atoms with Crippen molar-refractivity contribution in [1.82, 2.24) is 10.6 Å². The summed E-state index contributed by atoms with van der Waals surface area (Å²) >= 11 is 1.07. The van der Waals surface area contributed by atoms with Crippen LogP contribution in [0.5, 0.6) is 0 Å². The quantitative estimate of drug-likeness (QED) is 0.444. The van der Waals surface area contributed by atoms with Crippen molar-refractivity contribution in [2.75, 3.05) is 12.9 Å². The lowest BCUT2D eigenvalue weighted by atomic mass is 9.78. The molecule has 176 valence electrons. The minimum atomic E-state index is -1.19. The Morgan fingerprint density at radius 3 is 2.41 bits per heavy atom. The maximum absolute atomic E-state index is 12.9. The molecule has 2 N–H and O–H groups in total. The molecular formula is C26H27N3O4S. The second-order valence-electron chi connectivity index (χ2n) is 8.19. The van der Waals surface area contributed by atoms with Gasteiger partial charge in [-0.05, 0) is 22.6 Å². The lowest BCUT2D eigenvalue weighted by molar-refractivity contribution is -0.150. The predicted molar refractivity (Wildman–Crippen MR) is 130 cm³/mol. The van der Waals surface area contributed by atoms with E-state index in [1.807, 2.05) is 54.6 Å². The van der Waals surface area contributed by atoms with Crippen LogP contribution in [0.25, 0.3) is 0 Å². The zero-order valence-corrected chi connectivity index (χ0v) is 20.1. The van der Waals surface area contributed by atoms with Gasteiger partial charge in [-0.25, -0.2) is 0 Å². The van der Waals surface area contributed by atoms with Gasteiger partial charge < -0.3 is 15.4 Å². The van der Waals surface area contributed by atoms with E-state index in [9.17, 15) is 19.6 Å². The van der Waals surface area contributed by atoms with Crippen molar-refractivity contribution in [3.05, 3.63) is 81.9 Å². The fourth-order valence-electron chi connectivity index (χ4n) is 3.75. The molecule has 3 rings (SSSR count). The third-order valence-electron chi connectivity index (χ3n) is 5.63. The number of amides is 2. The van der Waals surface area contributed by atoms with E-state index in [0.717, 1.165) is 22.9 Å². The molecule has 8 heteroatoms. The molecule has 0 radical (unpaired) electrons. The van der Waals surface area contributed by atoms with Crippen molar-refractivity contribution in [2.24, 2.45) is 5.92 Å². The Morgan fingerprint density at radius 1 is 1.15 bits per heavy atom. The molecule has 34 heavy (non-hydrogen) atoms. The van der Waals surface area contributed by atoms with E-state index < -0.39 is 23.7 Å². The van der Waals surface area contributed by atoms with E-state index >= 15 is 0 Å². The maximum atomic E-state index is 12.9. The number of rotatable bonds is 8. The summed E-state index contributed by atoms with van der Waals surface area (Å²) in [5.74, 6) is -3.19. The number of nitrogens with zero attached hydrogens (tertiary/aromatic N) is 1. The molecule has 2 amide bonds. The maximum Gasteiger partial charge on any atom is 0.319 e. The van der Waals surface area contributed by atoms with Crippen molar-refractivity contribution >= 4 is 29.5 Å². The van der Waals surface area contributed by atoms with Crippen LogP contribution in [-0.2, 0) is 25.7 Å². The molecule has 2 aromatic rings. The lowest BCUT2D eigenvalue weighted by Gasteiger charge is -2.31. The number of methoxy groups -OCH3 is 1. The highest BCUT2D eigenvalue weighted by Gasteiger charge is 2.44. The van der Waals surface area contributed by atoms with Crippen LogP contribution in [0.3, 0.4) is 0 Å². The van der Waals surface area contributed by atoms with E-state index in [-0.39, 0.29) is 22.3 Å². The Morgan fingerprint density at radius 2 is 1.82 bits per heavy atom. The fraction of sp³-hybridized carbons (Fsp3) is 0.308. The highest BCUT2D eigenvalue weighted by Crippen LogP contribution is 2.40. The second kappa shape index (κ2) is 11.5. The zero-order valence-electron chi connectivity index (χ0n) is 19.3. The van der Waals surface area contributed by atoms with Crippen molar-refractivity contribution in [2.45, 2.75) is 32.2 Å². The Kier molecular flexibility index (Phi) is 8.50. The summed E-state index contributed by atoms with van der Waals surface area (Å²) in [6.45, 7) is 4.52. The molecule has 7 nitrogen and oxygen atoms in total. The lowest BCUT2D eigenvalue weighted by Crippen LogP contribution is -2.44. The number of nitrogens with one attached hydrogen (secondary N) is 2. The highest BCUT2D eigenvalue weighted by atomic mass is 32.2. The largest absolute Gasteiger partial charge is 0.468 e. The predicted octanol–water partition coefficient (Wildman–Crippen LogP) is 3.60. The number of ether oxygens (including phenoxy) is 1. The molecule has 2 aromatic carbocycles. The zero-order chi connectivity index (χ0) is 24.7. The van der Waals surface area contributed by atoms with Gasteiger partial charge in [-0.2, -0.15) is 5.26 Å². The molecule has 0 spiro atoms. The number of allylic oxidation sites excluding steroid dienone is 1. The van der Waals surface area contributed by atoms with Gasteiger partial charge in [-0.3, -0.25) is 14.4 Å². The first-order valence-corrected chi connectivity index (χ1v) is 11.9. The first-order valence-electron chi connectivity index (χ1n) is 10.9. The molecule has 2 atom stereocenters. The Bertz CT molecular complexity index is 1120. The first-order chi connectivity index (χ1) is 16.3. The van der Waals surface area contributed by atoms with Gasteiger partial charge >= 0.3 is 5.97 Å². The number of thioether (sulfide) groups is 1.